The Balaban J connectivity index is 0.00000256. The number of para-hydroxylation sites is 1. The molecule has 17 heavy (non-hydrogen) atoms. The van der Waals surface area contributed by atoms with Crippen molar-refractivity contribution in [1.82, 2.24) is 0 Å². The molecule has 0 aliphatic heterocycles. The number of unbranched alkanes of at least 4 members (excludes halogenated alkanes) is 1. The van der Waals surface area contributed by atoms with Crippen LogP contribution >= 0.6 is 0 Å². The molecule has 0 heterocycles. The van der Waals surface area contributed by atoms with Crippen molar-refractivity contribution in [3.63, 3.8) is 0 Å². The molecule has 3 nitrogen and oxygen atoms in total. The Labute approximate surface area is 125 Å². The zero-order chi connectivity index (χ0) is 12.0. The number of rotatable bonds is 6. The summed E-state index contributed by atoms with van der Waals surface area (Å²) >= 11 is 0. The van der Waals surface area contributed by atoms with E-state index in [2.05, 4.69) is 31.3 Å². The molecule has 1 aromatic rings. The van der Waals surface area contributed by atoms with E-state index in [1.54, 1.807) is 0 Å². The molecule has 0 spiro atoms. The maximum atomic E-state index is 10.2. The Bertz CT molecular complexity index is 346. The maximum Gasteiger partial charge on any atom is 1.00 e. The van der Waals surface area contributed by atoms with Gasteiger partial charge in [-0.25, -0.2) is 0 Å². The first kappa shape index (κ1) is 16.5. The van der Waals surface area contributed by atoms with Crippen molar-refractivity contribution in [2.24, 2.45) is 0 Å². The molecular weight excluding hydrogens is 225 g/mol. The summed E-state index contributed by atoms with van der Waals surface area (Å²) in [6.07, 6.45) is 1.66. The number of nitrogens with one attached hydrogen (secondary N) is 1. The third-order valence-corrected chi connectivity index (χ3v) is 2.59. The Hall–Kier alpha value is -0.510. The standard InChI is InChI=1S/C13H19NO2.Na/c1-10-6-5-7-11(2)13(10)14-9-4-3-8-12(15)16;/h5-7,14H,3-4,8-9H2,1-2H3,(H,15,16);/q;+1/p-1. The van der Waals surface area contributed by atoms with Crippen molar-refractivity contribution in [2.75, 3.05) is 11.9 Å². The van der Waals surface area contributed by atoms with E-state index in [0.29, 0.717) is 6.42 Å². The smallest absolute Gasteiger partial charge is 0.550 e. The van der Waals surface area contributed by atoms with E-state index in [4.69, 9.17) is 0 Å². The molecule has 88 valence electrons. The molecule has 0 aliphatic carbocycles. The molecule has 4 heteroatoms. The van der Waals surface area contributed by atoms with Gasteiger partial charge in [0.15, 0.2) is 0 Å². The summed E-state index contributed by atoms with van der Waals surface area (Å²) in [6, 6.07) is 6.17. The summed E-state index contributed by atoms with van der Waals surface area (Å²) in [6.45, 7) is 4.94. The molecule has 0 saturated heterocycles. The van der Waals surface area contributed by atoms with Crippen LogP contribution in [0.1, 0.15) is 30.4 Å². The fourth-order valence-electron chi connectivity index (χ4n) is 1.70. The van der Waals surface area contributed by atoms with E-state index >= 15 is 0 Å². The summed E-state index contributed by atoms with van der Waals surface area (Å²) in [5.74, 6) is -0.966. The molecule has 1 aromatic carbocycles. The molecule has 1 rings (SSSR count). The van der Waals surface area contributed by atoms with Crippen molar-refractivity contribution in [3.8, 4) is 0 Å². The van der Waals surface area contributed by atoms with Gasteiger partial charge in [-0.15, -0.1) is 0 Å². The summed E-state index contributed by atoms with van der Waals surface area (Å²) in [7, 11) is 0. The van der Waals surface area contributed by atoms with Crippen molar-refractivity contribution >= 4 is 11.7 Å². The molecule has 0 radical (unpaired) electrons. The molecule has 0 fully saturated rings. The van der Waals surface area contributed by atoms with Crippen LogP contribution in [-0.4, -0.2) is 12.5 Å². The molecule has 0 saturated carbocycles. The predicted molar refractivity (Wildman–Crippen MR) is 63.3 cm³/mol. The van der Waals surface area contributed by atoms with Crippen LogP contribution < -0.4 is 40.0 Å². The number of benzene rings is 1. The van der Waals surface area contributed by atoms with Crippen molar-refractivity contribution < 1.29 is 39.5 Å². The maximum absolute atomic E-state index is 10.2. The second-order valence-electron chi connectivity index (χ2n) is 4.02. The minimum Gasteiger partial charge on any atom is -0.550 e. The summed E-state index contributed by atoms with van der Waals surface area (Å²) < 4.78 is 0. The third kappa shape index (κ3) is 6.10. The van der Waals surface area contributed by atoms with Crippen LogP contribution in [0, 0.1) is 13.8 Å². The van der Waals surface area contributed by atoms with Gasteiger partial charge in [-0.1, -0.05) is 18.2 Å². The van der Waals surface area contributed by atoms with Gasteiger partial charge >= 0.3 is 29.6 Å². The second kappa shape index (κ2) is 8.56. The van der Waals surface area contributed by atoms with Gasteiger partial charge < -0.3 is 15.2 Å². The van der Waals surface area contributed by atoms with Gasteiger partial charge in [0, 0.05) is 18.2 Å². The molecule has 1 N–H and O–H groups in total. The van der Waals surface area contributed by atoms with E-state index in [-0.39, 0.29) is 36.0 Å². The predicted octanol–water partition coefficient (Wildman–Crippen LogP) is -1.36. The number of aryl methyl sites for hydroxylation is 2. The number of hydrogen-bond acceptors (Lipinski definition) is 3. The SMILES string of the molecule is Cc1cccc(C)c1NCCCCC(=O)[O-].[Na+]. The average molecular weight is 243 g/mol. The molecule has 0 amide bonds. The number of hydrogen-bond donors (Lipinski definition) is 1. The summed E-state index contributed by atoms with van der Waals surface area (Å²) in [5.41, 5.74) is 3.61. The van der Waals surface area contributed by atoms with Crippen molar-refractivity contribution in [1.29, 1.82) is 0 Å². The average Bonchev–Trinajstić information content (AvgIpc) is 2.21. The van der Waals surface area contributed by atoms with E-state index in [9.17, 15) is 9.90 Å². The minimum atomic E-state index is -0.966. The molecule has 0 atom stereocenters. The first-order valence-electron chi connectivity index (χ1n) is 5.61. The Morgan fingerprint density at radius 3 is 2.35 bits per heavy atom. The van der Waals surface area contributed by atoms with Gasteiger partial charge in [-0.2, -0.15) is 0 Å². The Morgan fingerprint density at radius 2 is 1.82 bits per heavy atom. The van der Waals surface area contributed by atoms with Crippen LogP contribution in [0.3, 0.4) is 0 Å². The largest absolute Gasteiger partial charge is 1.00 e. The third-order valence-electron chi connectivity index (χ3n) is 2.59. The second-order valence-corrected chi connectivity index (χ2v) is 4.02. The van der Waals surface area contributed by atoms with E-state index in [0.717, 1.165) is 18.7 Å². The van der Waals surface area contributed by atoms with Gasteiger partial charge in [0.2, 0.25) is 0 Å². The summed E-state index contributed by atoms with van der Waals surface area (Å²) in [4.78, 5) is 10.2. The van der Waals surface area contributed by atoms with Crippen molar-refractivity contribution in [2.45, 2.75) is 33.1 Å². The molecular formula is C13H18NNaO2. The number of carbonyl (C=O) groups excluding carboxylic acids is 1. The van der Waals surface area contributed by atoms with Crippen LogP contribution in [0.15, 0.2) is 18.2 Å². The Kier molecular flexibility index (Phi) is 8.30. The van der Waals surface area contributed by atoms with E-state index in [1.807, 2.05) is 6.07 Å². The van der Waals surface area contributed by atoms with Gasteiger partial charge in [0.05, 0.1) is 0 Å². The number of carboxylic acids is 1. The number of carboxylic acid groups (broad SMARTS) is 1. The summed E-state index contributed by atoms with van der Waals surface area (Å²) in [5, 5.41) is 13.6. The van der Waals surface area contributed by atoms with E-state index in [1.165, 1.54) is 11.1 Å². The van der Waals surface area contributed by atoms with E-state index < -0.39 is 5.97 Å². The minimum absolute atomic E-state index is 0. The number of anilines is 1. The topological polar surface area (TPSA) is 52.2 Å². The Morgan fingerprint density at radius 1 is 1.24 bits per heavy atom. The van der Waals surface area contributed by atoms with Crippen molar-refractivity contribution in [3.05, 3.63) is 29.3 Å². The zero-order valence-corrected chi connectivity index (χ0v) is 12.9. The normalized spacial score (nSPS) is 9.53. The van der Waals surface area contributed by atoms with Crippen LogP contribution in [0.4, 0.5) is 5.69 Å². The fraction of sp³-hybridized carbons (Fsp3) is 0.462. The first-order valence-corrected chi connectivity index (χ1v) is 5.61. The van der Waals surface area contributed by atoms with Crippen LogP contribution in [0.5, 0.6) is 0 Å². The van der Waals surface area contributed by atoms with Crippen LogP contribution in [-0.2, 0) is 4.79 Å². The number of carbonyl (C=O) groups is 1. The molecule has 0 bridgehead atoms. The van der Waals surface area contributed by atoms with Crippen LogP contribution in [0.2, 0.25) is 0 Å². The zero-order valence-electron chi connectivity index (χ0n) is 10.9. The fourth-order valence-corrected chi connectivity index (χ4v) is 1.70. The van der Waals surface area contributed by atoms with Crippen LogP contribution in [0.25, 0.3) is 0 Å². The number of aliphatic carboxylic acids is 1. The monoisotopic (exact) mass is 243 g/mol. The van der Waals surface area contributed by atoms with Gasteiger partial charge in [0.1, 0.15) is 0 Å². The molecule has 0 unspecified atom stereocenters. The quantitative estimate of drug-likeness (QED) is 0.496. The molecule has 0 aromatic heterocycles. The first-order chi connectivity index (χ1) is 7.61. The van der Waals surface area contributed by atoms with Gasteiger partial charge in [0.25, 0.3) is 0 Å². The van der Waals surface area contributed by atoms with Gasteiger partial charge in [-0.05, 0) is 44.2 Å². The molecule has 0 aliphatic rings. The van der Waals surface area contributed by atoms with Gasteiger partial charge in [-0.3, -0.25) is 0 Å².